The van der Waals surface area contributed by atoms with E-state index >= 15 is 0 Å². The molecule has 140 valence electrons. The van der Waals surface area contributed by atoms with E-state index in [0.29, 0.717) is 11.5 Å². The van der Waals surface area contributed by atoms with Gasteiger partial charge in [-0.1, -0.05) is 55.5 Å². The highest BCUT2D eigenvalue weighted by molar-refractivity contribution is 5.64. The van der Waals surface area contributed by atoms with Gasteiger partial charge in [0.25, 0.3) is 0 Å². The molecule has 0 nitrogen and oxygen atoms in total. The number of benzene rings is 2. The number of hydrogen-bond donors (Lipinski definition) is 0. The Morgan fingerprint density at radius 3 is 2.30 bits per heavy atom. The molecule has 0 amide bonds. The van der Waals surface area contributed by atoms with Crippen LogP contribution in [0, 0.1) is 35.3 Å². The van der Waals surface area contributed by atoms with Crippen LogP contribution in [-0.2, 0) is 0 Å². The van der Waals surface area contributed by atoms with Gasteiger partial charge in [0.1, 0.15) is 0 Å². The van der Waals surface area contributed by atoms with Gasteiger partial charge in [-0.15, -0.1) is 0 Å². The second-order valence-electron chi connectivity index (χ2n) is 7.30. The average molecular weight is 364 g/mol. The van der Waals surface area contributed by atoms with Crippen LogP contribution >= 0.6 is 0 Å². The molecule has 0 unspecified atom stereocenters. The summed E-state index contributed by atoms with van der Waals surface area (Å²) < 4.78 is 26.4. The van der Waals surface area contributed by atoms with Crippen LogP contribution in [-0.4, -0.2) is 0 Å². The normalized spacial score (nSPS) is 19.7. The minimum absolute atomic E-state index is 0.478. The molecule has 27 heavy (non-hydrogen) atoms. The van der Waals surface area contributed by atoms with Gasteiger partial charge >= 0.3 is 0 Å². The lowest BCUT2D eigenvalue weighted by atomic mass is 9.82. The maximum atomic E-state index is 13.4. The zero-order chi connectivity index (χ0) is 19.1. The van der Waals surface area contributed by atoms with Crippen molar-refractivity contribution in [2.24, 2.45) is 11.8 Å². The zero-order valence-electron chi connectivity index (χ0n) is 15.8. The maximum absolute atomic E-state index is 13.4. The van der Waals surface area contributed by atoms with Gasteiger partial charge in [-0.3, -0.25) is 0 Å². The summed E-state index contributed by atoms with van der Waals surface area (Å²) in [6.07, 6.45) is 11.9. The van der Waals surface area contributed by atoms with Crippen molar-refractivity contribution in [2.45, 2.75) is 45.4 Å². The van der Waals surface area contributed by atoms with Crippen molar-refractivity contribution in [1.29, 1.82) is 0 Å². The summed E-state index contributed by atoms with van der Waals surface area (Å²) in [5.41, 5.74) is 2.49. The van der Waals surface area contributed by atoms with Crippen molar-refractivity contribution < 1.29 is 8.78 Å². The SMILES string of the molecule is CCCC=C[C@H]1CC[C@H](C#Cc2ccc(-c3ccc(F)c(F)c3)cc2)CC1. The number of unbranched alkanes of at least 4 members (excludes halogenated alkanes) is 1. The van der Waals surface area contributed by atoms with E-state index in [1.54, 1.807) is 6.07 Å². The van der Waals surface area contributed by atoms with Crippen LogP contribution in [0.25, 0.3) is 11.1 Å². The highest BCUT2D eigenvalue weighted by atomic mass is 19.2. The molecule has 0 N–H and O–H groups in total. The Hall–Kier alpha value is -2.40. The number of hydrogen-bond acceptors (Lipinski definition) is 0. The monoisotopic (exact) mass is 364 g/mol. The Labute approximate surface area is 161 Å². The van der Waals surface area contributed by atoms with E-state index in [0.717, 1.165) is 23.1 Å². The third-order valence-corrected chi connectivity index (χ3v) is 5.19. The lowest BCUT2D eigenvalue weighted by Crippen LogP contribution is -2.11. The van der Waals surface area contributed by atoms with E-state index in [4.69, 9.17) is 0 Å². The Balaban J connectivity index is 1.57. The van der Waals surface area contributed by atoms with Crippen molar-refractivity contribution in [2.75, 3.05) is 0 Å². The highest BCUT2D eigenvalue weighted by Crippen LogP contribution is 2.29. The molecule has 0 atom stereocenters. The van der Waals surface area contributed by atoms with Crippen LogP contribution in [0.15, 0.2) is 54.6 Å². The minimum Gasteiger partial charge on any atom is -0.204 e. The van der Waals surface area contributed by atoms with Crippen molar-refractivity contribution in [3.63, 3.8) is 0 Å². The predicted molar refractivity (Wildman–Crippen MR) is 108 cm³/mol. The third-order valence-electron chi connectivity index (χ3n) is 5.19. The molecule has 0 radical (unpaired) electrons. The summed E-state index contributed by atoms with van der Waals surface area (Å²) in [5.74, 6) is 6.26. The lowest BCUT2D eigenvalue weighted by molar-refractivity contribution is 0.364. The van der Waals surface area contributed by atoms with Crippen molar-refractivity contribution in [3.8, 4) is 23.0 Å². The largest absolute Gasteiger partial charge is 0.204 e. The molecule has 0 bridgehead atoms. The zero-order valence-corrected chi connectivity index (χ0v) is 15.8. The van der Waals surface area contributed by atoms with Gasteiger partial charge in [0, 0.05) is 11.5 Å². The van der Waals surface area contributed by atoms with Crippen LogP contribution in [0.4, 0.5) is 8.78 Å². The van der Waals surface area contributed by atoms with Crippen LogP contribution in [0.2, 0.25) is 0 Å². The third kappa shape index (κ3) is 5.54. The summed E-state index contributed by atoms with van der Waals surface area (Å²) in [4.78, 5) is 0. The molecule has 1 fully saturated rings. The Morgan fingerprint density at radius 1 is 0.926 bits per heavy atom. The van der Waals surface area contributed by atoms with Gasteiger partial charge in [0.2, 0.25) is 0 Å². The van der Waals surface area contributed by atoms with Crippen LogP contribution in [0.3, 0.4) is 0 Å². The Morgan fingerprint density at radius 2 is 1.63 bits per heavy atom. The molecule has 0 aromatic heterocycles. The first-order valence-electron chi connectivity index (χ1n) is 9.89. The van der Waals surface area contributed by atoms with Crippen molar-refractivity contribution >= 4 is 0 Å². The van der Waals surface area contributed by atoms with Gasteiger partial charge < -0.3 is 0 Å². The molecule has 1 aliphatic carbocycles. The number of rotatable bonds is 4. The number of halogens is 2. The van der Waals surface area contributed by atoms with E-state index in [9.17, 15) is 8.78 Å². The van der Waals surface area contributed by atoms with Gasteiger partial charge in [-0.25, -0.2) is 8.78 Å². The molecule has 1 saturated carbocycles. The molecule has 2 heteroatoms. The van der Waals surface area contributed by atoms with E-state index in [1.807, 2.05) is 24.3 Å². The molecule has 0 heterocycles. The summed E-state index contributed by atoms with van der Waals surface area (Å²) in [5, 5.41) is 0. The van der Waals surface area contributed by atoms with Crippen molar-refractivity contribution in [3.05, 3.63) is 71.8 Å². The standard InChI is InChI=1S/C25H26F2/c1-2-3-4-5-19-6-8-20(9-7-19)10-11-21-12-14-22(15-13-21)23-16-17-24(26)25(27)18-23/h4-5,12-20H,2-3,6-9H2,1H3/t19-,20-. The van der Waals surface area contributed by atoms with E-state index in [1.165, 1.54) is 44.6 Å². The first-order valence-corrected chi connectivity index (χ1v) is 9.89. The second kappa shape index (κ2) is 9.51. The summed E-state index contributed by atoms with van der Waals surface area (Å²) in [7, 11) is 0. The van der Waals surface area contributed by atoms with Crippen LogP contribution < -0.4 is 0 Å². The fraction of sp³-hybridized carbons (Fsp3) is 0.360. The molecule has 0 aliphatic heterocycles. The molecule has 3 rings (SSSR count). The molecule has 0 saturated heterocycles. The molecule has 2 aromatic carbocycles. The highest BCUT2D eigenvalue weighted by Gasteiger charge is 2.17. The second-order valence-corrected chi connectivity index (χ2v) is 7.30. The minimum atomic E-state index is -0.823. The molecule has 0 spiro atoms. The Bertz CT molecular complexity index is 829. The topological polar surface area (TPSA) is 0 Å². The maximum Gasteiger partial charge on any atom is 0.159 e. The fourth-order valence-corrected chi connectivity index (χ4v) is 3.52. The quantitative estimate of drug-likeness (QED) is 0.399. The fourth-order valence-electron chi connectivity index (χ4n) is 3.52. The average Bonchev–Trinajstić information content (AvgIpc) is 2.70. The summed E-state index contributed by atoms with van der Waals surface area (Å²) in [6, 6.07) is 11.7. The van der Waals surface area contributed by atoms with Crippen molar-refractivity contribution in [1.82, 2.24) is 0 Å². The summed E-state index contributed by atoms with van der Waals surface area (Å²) in [6.45, 7) is 2.21. The van der Waals surface area contributed by atoms with E-state index < -0.39 is 11.6 Å². The van der Waals surface area contributed by atoms with E-state index in [-0.39, 0.29) is 0 Å². The summed E-state index contributed by atoms with van der Waals surface area (Å²) >= 11 is 0. The predicted octanol–water partition coefficient (Wildman–Crippen LogP) is 7.15. The Kier molecular flexibility index (Phi) is 6.82. The van der Waals surface area contributed by atoms with Gasteiger partial charge in [-0.05, 0) is 73.4 Å². The smallest absolute Gasteiger partial charge is 0.159 e. The molecular weight excluding hydrogens is 338 g/mol. The lowest BCUT2D eigenvalue weighted by Gasteiger charge is -2.23. The van der Waals surface area contributed by atoms with Gasteiger partial charge in [0.05, 0.1) is 0 Å². The van der Waals surface area contributed by atoms with E-state index in [2.05, 4.69) is 30.9 Å². The number of allylic oxidation sites excluding steroid dienone is 2. The molecular formula is C25H26F2. The van der Waals surface area contributed by atoms with Gasteiger partial charge in [-0.2, -0.15) is 0 Å². The van der Waals surface area contributed by atoms with Gasteiger partial charge in [0.15, 0.2) is 11.6 Å². The molecule has 2 aromatic rings. The van der Waals surface area contributed by atoms with Crippen LogP contribution in [0.5, 0.6) is 0 Å². The van der Waals surface area contributed by atoms with Crippen LogP contribution in [0.1, 0.15) is 51.0 Å². The molecule has 1 aliphatic rings. The first-order chi connectivity index (χ1) is 13.2. The first kappa shape index (κ1) is 19.4.